The molecule has 1 aliphatic carbocycles. The molecular formula is C24H29N5O2. The average molecular weight is 420 g/mol. The number of rotatable bonds is 6. The highest BCUT2D eigenvalue weighted by molar-refractivity contribution is 5.79. The number of hydrogen-bond donors (Lipinski definition) is 1. The first-order chi connectivity index (χ1) is 15.0. The van der Waals surface area contributed by atoms with Gasteiger partial charge in [-0.05, 0) is 26.7 Å². The number of amides is 1. The maximum atomic E-state index is 13.3. The summed E-state index contributed by atoms with van der Waals surface area (Å²) in [5, 5.41) is 7.59. The van der Waals surface area contributed by atoms with Gasteiger partial charge in [-0.25, -0.2) is 0 Å². The molecule has 0 spiro atoms. The van der Waals surface area contributed by atoms with Crippen LogP contribution < -0.4 is 10.9 Å². The van der Waals surface area contributed by atoms with Gasteiger partial charge in [-0.2, -0.15) is 9.50 Å². The Morgan fingerprint density at radius 2 is 1.90 bits per heavy atom. The largest absolute Gasteiger partial charge is 0.353 e. The summed E-state index contributed by atoms with van der Waals surface area (Å²) in [6, 6.07) is 8.07. The molecule has 31 heavy (non-hydrogen) atoms. The first-order valence-electron chi connectivity index (χ1n) is 10.9. The lowest BCUT2D eigenvalue weighted by molar-refractivity contribution is -0.121. The van der Waals surface area contributed by atoms with Crippen molar-refractivity contribution in [3.05, 3.63) is 64.1 Å². The van der Waals surface area contributed by atoms with E-state index < -0.39 is 0 Å². The van der Waals surface area contributed by atoms with Crippen LogP contribution in [0.1, 0.15) is 48.9 Å². The van der Waals surface area contributed by atoms with E-state index in [9.17, 15) is 9.59 Å². The second kappa shape index (κ2) is 8.88. The summed E-state index contributed by atoms with van der Waals surface area (Å²) in [5.41, 5.74) is 2.86. The summed E-state index contributed by atoms with van der Waals surface area (Å²) in [6.45, 7) is 8.18. The third-order valence-electron chi connectivity index (χ3n) is 6.05. The van der Waals surface area contributed by atoms with Crippen molar-refractivity contribution in [2.24, 2.45) is 0 Å². The van der Waals surface area contributed by atoms with Gasteiger partial charge in [0.1, 0.15) is 0 Å². The molecule has 0 bridgehead atoms. The zero-order chi connectivity index (χ0) is 22.0. The summed E-state index contributed by atoms with van der Waals surface area (Å²) in [7, 11) is 0. The number of allylic oxidation sites excluding steroid dienone is 1. The van der Waals surface area contributed by atoms with Crippen molar-refractivity contribution in [3.63, 3.8) is 0 Å². The van der Waals surface area contributed by atoms with Gasteiger partial charge in [0.2, 0.25) is 11.7 Å². The first kappa shape index (κ1) is 21.0. The van der Waals surface area contributed by atoms with Crippen molar-refractivity contribution in [1.29, 1.82) is 0 Å². The number of nitrogens with one attached hydrogen (secondary N) is 1. The molecule has 0 saturated heterocycles. The second-order valence-corrected chi connectivity index (χ2v) is 8.36. The maximum absolute atomic E-state index is 13.3. The van der Waals surface area contributed by atoms with E-state index in [4.69, 9.17) is 0 Å². The minimum atomic E-state index is -0.294. The van der Waals surface area contributed by atoms with Crippen molar-refractivity contribution >= 4 is 11.7 Å². The Morgan fingerprint density at radius 3 is 2.58 bits per heavy atom. The SMILES string of the molecule is C=CCn1c(C)c(CC(=O)NC2CCCCC2)c(=O)n2nc(-c3ccc(C)cc3)nc12. The van der Waals surface area contributed by atoms with E-state index in [1.54, 1.807) is 6.08 Å². The zero-order valence-corrected chi connectivity index (χ0v) is 18.2. The normalized spacial score (nSPS) is 14.6. The number of carbonyl (C=O) groups excluding carboxylic acids is 1. The molecule has 0 unspecified atom stereocenters. The monoisotopic (exact) mass is 419 g/mol. The quantitative estimate of drug-likeness (QED) is 0.621. The molecule has 0 radical (unpaired) electrons. The highest BCUT2D eigenvalue weighted by Gasteiger charge is 2.22. The fraction of sp³-hybridized carbons (Fsp3) is 0.417. The van der Waals surface area contributed by atoms with E-state index >= 15 is 0 Å². The van der Waals surface area contributed by atoms with Gasteiger partial charge < -0.3 is 9.88 Å². The molecule has 3 aromatic rings. The van der Waals surface area contributed by atoms with Crippen LogP contribution in [-0.2, 0) is 17.8 Å². The lowest BCUT2D eigenvalue weighted by Crippen LogP contribution is -2.39. The first-order valence-corrected chi connectivity index (χ1v) is 10.9. The van der Waals surface area contributed by atoms with E-state index in [-0.39, 0.29) is 23.9 Å². The second-order valence-electron chi connectivity index (χ2n) is 8.36. The molecule has 1 fully saturated rings. The predicted octanol–water partition coefficient (Wildman–Crippen LogP) is 3.35. The van der Waals surface area contributed by atoms with Gasteiger partial charge in [0, 0.05) is 29.4 Å². The number of fused-ring (bicyclic) bond motifs is 1. The number of benzene rings is 1. The third kappa shape index (κ3) is 4.31. The van der Waals surface area contributed by atoms with Crippen LogP contribution in [0.3, 0.4) is 0 Å². The van der Waals surface area contributed by atoms with Crippen LogP contribution in [0.5, 0.6) is 0 Å². The number of aryl methyl sites for hydroxylation is 1. The van der Waals surface area contributed by atoms with Gasteiger partial charge in [0.25, 0.3) is 5.56 Å². The topological polar surface area (TPSA) is 81.3 Å². The van der Waals surface area contributed by atoms with Crippen molar-refractivity contribution in [2.75, 3.05) is 0 Å². The minimum absolute atomic E-state index is 0.0357. The molecule has 7 heteroatoms. The molecule has 1 amide bonds. The van der Waals surface area contributed by atoms with E-state index in [0.717, 1.165) is 42.5 Å². The molecule has 1 N–H and O–H groups in total. The summed E-state index contributed by atoms with van der Waals surface area (Å²) >= 11 is 0. The Morgan fingerprint density at radius 1 is 1.19 bits per heavy atom. The molecule has 0 aliphatic heterocycles. The molecule has 162 valence electrons. The van der Waals surface area contributed by atoms with Gasteiger partial charge in [0.05, 0.1) is 6.42 Å². The molecule has 1 aliphatic rings. The van der Waals surface area contributed by atoms with Gasteiger partial charge in [-0.15, -0.1) is 11.7 Å². The van der Waals surface area contributed by atoms with Crippen molar-refractivity contribution in [1.82, 2.24) is 24.5 Å². The Bertz CT molecular complexity index is 1170. The average Bonchev–Trinajstić information content (AvgIpc) is 3.21. The number of hydrogen-bond acceptors (Lipinski definition) is 4. The van der Waals surface area contributed by atoms with Gasteiger partial charge >= 0.3 is 0 Å². The molecule has 4 rings (SSSR count). The lowest BCUT2D eigenvalue weighted by atomic mass is 9.95. The smallest absolute Gasteiger partial charge is 0.279 e. The highest BCUT2D eigenvalue weighted by atomic mass is 16.2. The van der Waals surface area contributed by atoms with E-state index in [0.29, 0.717) is 23.7 Å². The van der Waals surface area contributed by atoms with Crippen LogP contribution in [0.25, 0.3) is 17.2 Å². The number of aromatic nitrogens is 4. The fourth-order valence-corrected chi connectivity index (χ4v) is 4.27. The van der Waals surface area contributed by atoms with Crippen LogP contribution in [-0.4, -0.2) is 31.1 Å². The number of carbonyl (C=O) groups is 1. The summed E-state index contributed by atoms with van der Waals surface area (Å²) < 4.78 is 3.21. The van der Waals surface area contributed by atoms with Crippen LogP contribution in [0.15, 0.2) is 41.7 Å². The van der Waals surface area contributed by atoms with Crippen molar-refractivity contribution in [2.45, 2.75) is 65.0 Å². The van der Waals surface area contributed by atoms with E-state index in [1.807, 2.05) is 42.7 Å². The molecule has 7 nitrogen and oxygen atoms in total. The van der Waals surface area contributed by atoms with Crippen molar-refractivity contribution < 1.29 is 4.79 Å². The zero-order valence-electron chi connectivity index (χ0n) is 18.2. The summed E-state index contributed by atoms with van der Waals surface area (Å²) in [6.07, 6.45) is 7.31. The van der Waals surface area contributed by atoms with Crippen LogP contribution in [0.4, 0.5) is 0 Å². The Labute approximate surface area is 181 Å². The highest BCUT2D eigenvalue weighted by Crippen LogP contribution is 2.19. The lowest BCUT2D eigenvalue weighted by Gasteiger charge is -2.23. The minimum Gasteiger partial charge on any atom is -0.353 e. The fourth-order valence-electron chi connectivity index (χ4n) is 4.27. The standard InChI is InChI=1S/C24H29N5O2/c1-4-14-28-17(3)20(15-21(30)25-19-8-6-5-7-9-19)23(31)29-24(28)26-22(27-29)18-12-10-16(2)11-13-18/h4,10-13,19H,1,5-9,14-15H2,2-3H3,(H,25,30). The molecule has 0 atom stereocenters. The Kier molecular flexibility index (Phi) is 6.02. The van der Waals surface area contributed by atoms with E-state index in [2.05, 4.69) is 22.0 Å². The molecular weight excluding hydrogens is 390 g/mol. The summed E-state index contributed by atoms with van der Waals surface area (Å²) in [4.78, 5) is 30.6. The molecule has 2 aromatic heterocycles. The van der Waals surface area contributed by atoms with Gasteiger partial charge in [-0.3, -0.25) is 9.59 Å². The Hall–Kier alpha value is -3.22. The van der Waals surface area contributed by atoms with Crippen LogP contribution >= 0.6 is 0 Å². The Balaban J connectivity index is 1.73. The molecule has 1 aromatic carbocycles. The van der Waals surface area contributed by atoms with Crippen LogP contribution in [0.2, 0.25) is 0 Å². The van der Waals surface area contributed by atoms with Crippen molar-refractivity contribution in [3.8, 4) is 11.4 Å². The van der Waals surface area contributed by atoms with Gasteiger partial charge in [0.15, 0.2) is 5.82 Å². The molecule has 2 heterocycles. The molecule has 1 saturated carbocycles. The summed E-state index contributed by atoms with van der Waals surface area (Å²) in [5.74, 6) is 0.822. The third-order valence-corrected chi connectivity index (χ3v) is 6.05. The van der Waals surface area contributed by atoms with Crippen LogP contribution in [0, 0.1) is 13.8 Å². The predicted molar refractivity (Wildman–Crippen MR) is 121 cm³/mol. The maximum Gasteiger partial charge on any atom is 0.279 e. The number of nitrogens with zero attached hydrogens (tertiary/aromatic N) is 4. The van der Waals surface area contributed by atoms with E-state index in [1.165, 1.54) is 10.9 Å². The van der Waals surface area contributed by atoms with Gasteiger partial charge in [-0.1, -0.05) is 55.2 Å².